The van der Waals surface area contributed by atoms with Crippen molar-refractivity contribution in [2.75, 3.05) is 51.3 Å². The number of ether oxygens (including phenoxy) is 1. The van der Waals surface area contributed by atoms with Crippen molar-refractivity contribution >= 4 is 17.5 Å². The van der Waals surface area contributed by atoms with Crippen LogP contribution in [0.4, 0.5) is 5.69 Å². The summed E-state index contributed by atoms with van der Waals surface area (Å²) in [7, 11) is 1.67. The summed E-state index contributed by atoms with van der Waals surface area (Å²) in [4.78, 5) is 36.8. The van der Waals surface area contributed by atoms with Crippen LogP contribution in [0.15, 0.2) is 48.8 Å². The van der Waals surface area contributed by atoms with E-state index in [0.717, 1.165) is 42.9 Å². The van der Waals surface area contributed by atoms with Crippen molar-refractivity contribution in [2.24, 2.45) is 5.92 Å². The van der Waals surface area contributed by atoms with Crippen LogP contribution in [0.5, 0.6) is 5.75 Å². The molecule has 35 heavy (non-hydrogen) atoms. The van der Waals surface area contributed by atoms with E-state index in [-0.39, 0.29) is 29.8 Å². The average molecular weight is 479 g/mol. The number of hydrazine groups is 1. The average Bonchev–Trinajstić information content (AvgIpc) is 3.43. The maximum Gasteiger partial charge on any atom is 0.241 e. The third kappa shape index (κ3) is 5.26. The standard InChI is InChI=1S/C26H34N6O3/c1-35-22-6-4-21(5-7-22)30-13-15-31(16-14-30)25(33)20-3-2-12-32(18-20)26(34)24-17-23(28-29-24)19-8-10-27-11-9-19/h4-11,20,23-24,28-29H,2-3,12-18H2,1H3. The summed E-state index contributed by atoms with van der Waals surface area (Å²) in [5.41, 5.74) is 8.67. The summed E-state index contributed by atoms with van der Waals surface area (Å²) in [6.07, 6.45) is 5.93. The summed E-state index contributed by atoms with van der Waals surface area (Å²) >= 11 is 0. The smallest absolute Gasteiger partial charge is 0.241 e. The lowest BCUT2D eigenvalue weighted by Gasteiger charge is -2.40. The Bertz CT molecular complexity index is 1010. The Kier molecular flexibility index (Phi) is 7.15. The number of benzene rings is 1. The minimum absolute atomic E-state index is 0.0795. The number of pyridine rings is 1. The number of rotatable bonds is 5. The molecule has 3 aliphatic rings. The summed E-state index contributed by atoms with van der Waals surface area (Å²) in [6, 6.07) is 11.8. The Hall–Kier alpha value is -3.17. The van der Waals surface area contributed by atoms with Crippen molar-refractivity contribution in [3.8, 4) is 5.75 Å². The molecule has 0 spiro atoms. The molecular formula is C26H34N6O3. The van der Waals surface area contributed by atoms with Gasteiger partial charge in [-0.2, -0.15) is 0 Å². The number of anilines is 1. The van der Waals surface area contributed by atoms with Gasteiger partial charge in [0.2, 0.25) is 11.8 Å². The van der Waals surface area contributed by atoms with Crippen molar-refractivity contribution in [2.45, 2.75) is 31.3 Å². The molecule has 2 amide bonds. The van der Waals surface area contributed by atoms with Crippen LogP contribution in [-0.2, 0) is 9.59 Å². The van der Waals surface area contributed by atoms with Crippen LogP contribution in [0.3, 0.4) is 0 Å². The molecule has 3 fully saturated rings. The minimum atomic E-state index is -0.282. The highest BCUT2D eigenvalue weighted by Crippen LogP contribution is 2.26. The number of amides is 2. The van der Waals surface area contributed by atoms with Gasteiger partial charge in [-0.1, -0.05) is 0 Å². The number of likely N-dealkylation sites (tertiary alicyclic amines) is 1. The highest BCUT2D eigenvalue weighted by atomic mass is 16.5. The van der Waals surface area contributed by atoms with Gasteiger partial charge in [-0.05, 0) is 61.2 Å². The van der Waals surface area contributed by atoms with E-state index in [1.165, 1.54) is 0 Å². The molecule has 0 saturated carbocycles. The van der Waals surface area contributed by atoms with Crippen molar-refractivity contribution in [3.05, 3.63) is 54.4 Å². The lowest BCUT2D eigenvalue weighted by molar-refractivity contribution is -0.142. The molecule has 9 nitrogen and oxygen atoms in total. The van der Waals surface area contributed by atoms with Gasteiger partial charge < -0.3 is 19.4 Å². The molecule has 186 valence electrons. The van der Waals surface area contributed by atoms with Gasteiger partial charge in [-0.25, -0.2) is 10.9 Å². The Morgan fingerprint density at radius 3 is 2.37 bits per heavy atom. The third-order valence-corrected chi connectivity index (χ3v) is 7.42. The fraction of sp³-hybridized carbons (Fsp3) is 0.500. The van der Waals surface area contributed by atoms with Gasteiger partial charge in [0.05, 0.1) is 13.0 Å². The molecule has 9 heteroatoms. The minimum Gasteiger partial charge on any atom is -0.497 e. The SMILES string of the molecule is COc1ccc(N2CCN(C(=O)C3CCCN(C(=O)C4CC(c5ccncc5)NN4)C3)CC2)cc1. The maximum absolute atomic E-state index is 13.3. The second-order valence-electron chi connectivity index (χ2n) is 9.54. The molecule has 5 rings (SSSR count). The second kappa shape index (κ2) is 10.6. The summed E-state index contributed by atoms with van der Waals surface area (Å²) in [6.45, 7) is 4.25. The molecule has 3 atom stereocenters. The number of hydrogen-bond acceptors (Lipinski definition) is 7. The number of carbonyl (C=O) groups excluding carboxylic acids is 2. The van der Waals surface area contributed by atoms with E-state index >= 15 is 0 Å². The van der Waals surface area contributed by atoms with Crippen LogP contribution < -0.4 is 20.5 Å². The number of methoxy groups -OCH3 is 1. The predicted molar refractivity (Wildman–Crippen MR) is 133 cm³/mol. The quantitative estimate of drug-likeness (QED) is 0.675. The fourth-order valence-electron chi connectivity index (χ4n) is 5.37. The summed E-state index contributed by atoms with van der Waals surface area (Å²) in [5, 5.41) is 0. The van der Waals surface area contributed by atoms with Crippen LogP contribution in [-0.4, -0.2) is 79.0 Å². The summed E-state index contributed by atoms with van der Waals surface area (Å²) in [5.74, 6) is 0.987. The predicted octanol–water partition coefficient (Wildman–Crippen LogP) is 1.59. The molecule has 2 aromatic rings. The van der Waals surface area contributed by atoms with Gasteiger partial charge in [0, 0.05) is 63.4 Å². The highest BCUT2D eigenvalue weighted by Gasteiger charge is 2.37. The third-order valence-electron chi connectivity index (χ3n) is 7.42. The van der Waals surface area contributed by atoms with E-state index in [4.69, 9.17) is 4.74 Å². The van der Waals surface area contributed by atoms with Crippen LogP contribution in [0, 0.1) is 5.92 Å². The van der Waals surface area contributed by atoms with E-state index in [1.807, 2.05) is 34.1 Å². The van der Waals surface area contributed by atoms with E-state index in [2.05, 4.69) is 32.9 Å². The van der Waals surface area contributed by atoms with E-state index in [1.54, 1.807) is 19.5 Å². The number of nitrogens with zero attached hydrogens (tertiary/aromatic N) is 4. The molecule has 3 unspecified atom stereocenters. The maximum atomic E-state index is 13.3. The molecule has 0 bridgehead atoms. The Labute approximate surface area is 206 Å². The lowest BCUT2D eigenvalue weighted by atomic mass is 9.95. The number of piperidine rings is 1. The highest BCUT2D eigenvalue weighted by molar-refractivity contribution is 5.84. The van der Waals surface area contributed by atoms with E-state index in [9.17, 15) is 9.59 Å². The number of carbonyl (C=O) groups is 2. The van der Waals surface area contributed by atoms with Crippen LogP contribution in [0.2, 0.25) is 0 Å². The molecular weight excluding hydrogens is 444 g/mol. The van der Waals surface area contributed by atoms with Gasteiger partial charge in [0.1, 0.15) is 11.8 Å². The molecule has 0 aliphatic carbocycles. The first-order valence-corrected chi connectivity index (χ1v) is 12.5. The first kappa shape index (κ1) is 23.6. The zero-order valence-electron chi connectivity index (χ0n) is 20.2. The van der Waals surface area contributed by atoms with Gasteiger partial charge >= 0.3 is 0 Å². The van der Waals surface area contributed by atoms with Gasteiger partial charge in [-0.3, -0.25) is 14.6 Å². The first-order valence-electron chi connectivity index (χ1n) is 12.5. The monoisotopic (exact) mass is 478 g/mol. The van der Waals surface area contributed by atoms with Crippen molar-refractivity contribution < 1.29 is 14.3 Å². The van der Waals surface area contributed by atoms with Crippen molar-refractivity contribution in [1.29, 1.82) is 0 Å². The van der Waals surface area contributed by atoms with Crippen molar-refractivity contribution in [1.82, 2.24) is 25.6 Å². The van der Waals surface area contributed by atoms with Gasteiger partial charge in [-0.15, -0.1) is 0 Å². The van der Waals surface area contributed by atoms with Crippen LogP contribution in [0.25, 0.3) is 0 Å². The fourth-order valence-corrected chi connectivity index (χ4v) is 5.37. The number of hydrogen-bond donors (Lipinski definition) is 2. The van der Waals surface area contributed by atoms with E-state index in [0.29, 0.717) is 32.6 Å². The lowest BCUT2D eigenvalue weighted by Crippen LogP contribution is -2.54. The Morgan fingerprint density at radius 1 is 0.914 bits per heavy atom. The summed E-state index contributed by atoms with van der Waals surface area (Å²) < 4.78 is 5.25. The van der Waals surface area contributed by atoms with Crippen LogP contribution >= 0.6 is 0 Å². The first-order chi connectivity index (χ1) is 17.1. The largest absolute Gasteiger partial charge is 0.497 e. The molecule has 1 aromatic heterocycles. The Balaban J connectivity index is 1.13. The van der Waals surface area contributed by atoms with E-state index < -0.39 is 0 Å². The number of nitrogens with one attached hydrogen (secondary N) is 2. The number of piperazine rings is 1. The van der Waals surface area contributed by atoms with Crippen molar-refractivity contribution in [3.63, 3.8) is 0 Å². The molecule has 0 radical (unpaired) electrons. The second-order valence-corrected chi connectivity index (χ2v) is 9.54. The molecule has 3 saturated heterocycles. The zero-order valence-corrected chi connectivity index (χ0v) is 20.2. The van der Waals surface area contributed by atoms with Gasteiger partial charge in [0.15, 0.2) is 0 Å². The topological polar surface area (TPSA) is 90.0 Å². The molecule has 1 aromatic carbocycles. The van der Waals surface area contributed by atoms with Gasteiger partial charge in [0.25, 0.3) is 0 Å². The van der Waals surface area contributed by atoms with Crippen LogP contribution in [0.1, 0.15) is 30.9 Å². The molecule has 3 aliphatic heterocycles. The zero-order chi connectivity index (χ0) is 24.2. The number of aromatic nitrogens is 1. The Morgan fingerprint density at radius 2 is 1.66 bits per heavy atom. The molecule has 2 N–H and O–H groups in total. The normalized spacial score (nSPS) is 24.9. The molecule has 4 heterocycles.